The van der Waals surface area contributed by atoms with Gasteiger partial charge in [-0.2, -0.15) is 0 Å². The van der Waals surface area contributed by atoms with E-state index in [4.69, 9.17) is 4.74 Å². The van der Waals surface area contributed by atoms with Crippen molar-refractivity contribution < 1.29 is 19.4 Å². The van der Waals surface area contributed by atoms with E-state index < -0.39 is 17.7 Å². The predicted molar refractivity (Wildman–Crippen MR) is 148 cm³/mol. The van der Waals surface area contributed by atoms with Gasteiger partial charge in [0, 0.05) is 29.0 Å². The Morgan fingerprint density at radius 2 is 1.66 bits per heavy atom. The summed E-state index contributed by atoms with van der Waals surface area (Å²) in [6, 6.07) is 25.2. The molecule has 1 aliphatic heterocycles. The molecular weight excluding hydrogens is 544 g/mol. The van der Waals surface area contributed by atoms with Gasteiger partial charge in [0.05, 0.1) is 11.6 Å². The number of amides is 1. The van der Waals surface area contributed by atoms with Crippen LogP contribution in [0.2, 0.25) is 0 Å². The number of aromatic nitrogens is 1. The minimum atomic E-state index is -0.742. The monoisotopic (exact) mass is 568 g/mol. The zero-order valence-corrected chi connectivity index (χ0v) is 22.3. The topological polar surface area (TPSA) is 79.7 Å². The quantitative estimate of drug-likeness (QED) is 0.159. The third-order valence-electron chi connectivity index (χ3n) is 6.44. The Balaban J connectivity index is 1.47. The summed E-state index contributed by atoms with van der Waals surface area (Å²) in [5.41, 5.74) is 4.25. The fraction of sp³-hybridized carbons (Fsp3) is 0.129. The van der Waals surface area contributed by atoms with E-state index in [1.807, 2.05) is 49.4 Å². The normalized spacial score (nSPS) is 16.6. The van der Waals surface area contributed by atoms with E-state index >= 15 is 0 Å². The molecule has 0 spiro atoms. The first kappa shape index (κ1) is 25.4. The number of hydrogen-bond donors (Lipinski definition) is 1. The molecule has 1 amide bonds. The van der Waals surface area contributed by atoms with Gasteiger partial charge in [0.25, 0.3) is 11.7 Å². The van der Waals surface area contributed by atoms with Crippen LogP contribution in [0.4, 0.5) is 0 Å². The number of carbonyl (C=O) groups excluding carboxylic acids is 2. The fourth-order valence-electron chi connectivity index (χ4n) is 4.55. The number of hydrogen-bond acceptors (Lipinski definition) is 5. The number of ether oxygens (including phenoxy) is 1. The molecule has 2 heterocycles. The molecule has 1 fully saturated rings. The molecule has 1 atom stereocenters. The molecule has 4 aromatic rings. The molecule has 0 bridgehead atoms. The SMILES string of the molecule is Cc1cccc(COc2ccc(C(O)=C3C(=O)C(=O)N(Cc4ccncc4)C3c3ccc(Br)cc3)cc2)c1. The van der Waals surface area contributed by atoms with Gasteiger partial charge in [-0.15, -0.1) is 0 Å². The van der Waals surface area contributed by atoms with Crippen molar-refractivity contribution in [1.29, 1.82) is 0 Å². The zero-order valence-electron chi connectivity index (χ0n) is 20.7. The maximum absolute atomic E-state index is 13.3. The van der Waals surface area contributed by atoms with Crippen LogP contribution in [0.5, 0.6) is 5.75 Å². The molecule has 1 N–H and O–H groups in total. The van der Waals surface area contributed by atoms with Crippen molar-refractivity contribution in [2.75, 3.05) is 0 Å². The Kier molecular flexibility index (Phi) is 7.38. The van der Waals surface area contributed by atoms with E-state index in [9.17, 15) is 14.7 Å². The van der Waals surface area contributed by atoms with Crippen LogP contribution >= 0.6 is 15.9 Å². The Labute approximate surface area is 229 Å². The van der Waals surface area contributed by atoms with Gasteiger partial charge in [-0.1, -0.05) is 57.9 Å². The first-order chi connectivity index (χ1) is 18.4. The summed E-state index contributed by atoms with van der Waals surface area (Å²) in [5, 5.41) is 11.3. The lowest BCUT2D eigenvalue weighted by molar-refractivity contribution is -0.140. The standard InChI is InChI=1S/C31H25BrN2O4/c1-20-3-2-4-22(17-20)19-38-26-11-7-24(8-12-26)29(35)27-28(23-5-9-25(32)10-6-23)34(31(37)30(27)36)18-21-13-15-33-16-14-21/h2-17,28,35H,18-19H2,1H3. The number of pyridine rings is 1. The van der Waals surface area contributed by atoms with Crippen LogP contribution in [0.15, 0.2) is 107 Å². The summed E-state index contributed by atoms with van der Waals surface area (Å²) >= 11 is 3.44. The van der Waals surface area contributed by atoms with Crippen molar-refractivity contribution in [2.45, 2.75) is 26.1 Å². The van der Waals surface area contributed by atoms with Crippen LogP contribution in [0.3, 0.4) is 0 Å². The van der Waals surface area contributed by atoms with Crippen molar-refractivity contribution in [3.63, 3.8) is 0 Å². The molecule has 0 aliphatic carbocycles. The minimum Gasteiger partial charge on any atom is -0.507 e. The molecule has 5 rings (SSSR count). The van der Waals surface area contributed by atoms with Crippen LogP contribution in [-0.4, -0.2) is 26.7 Å². The summed E-state index contributed by atoms with van der Waals surface area (Å²) in [5.74, 6) is -0.969. The predicted octanol–water partition coefficient (Wildman–Crippen LogP) is 6.35. The smallest absolute Gasteiger partial charge is 0.295 e. The molecule has 1 saturated heterocycles. The van der Waals surface area contributed by atoms with Gasteiger partial charge in [-0.05, 0) is 72.1 Å². The van der Waals surface area contributed by atoms with Gasteiger partial charge >= 0.3 is 0 Å². The van der Waals surface area contributed by atoms with Gasteiger partial charge in [-0.3, -0.25) is 14.6 Å². The maximum Gasteiger partial charge on any atom is 0.295 e. The number of aliphatic hydroxyl groups excluding tert-OH is 1. The van der Waals surface area contributed by atoms with Crippen molar-refractivity contribution in [1.82, 2.24) is 9.88 Å². The second kappa shape index (κ2) is 11.0. The highest BCUT2D eigenvalue weighted by Crippen LogP contribution is 2.40. The van der Waals surface area contributed by atoms with E-state index in [2.05, 4.69) is 27.0 Å². The highest BCUT2D eigenvalue weighted by Gasteiger charge is 2.46. The fourth-order valence-corrected chi connectivity index (χ4v) is 4.82. The summed E-state index contributed by atoms with van der Waals surface area (Å²) in [6.07, 6.45) is 3.28. The van der Waals surface area contributed by atoms with Crippen LogP contribution in [0.25, 0.3) is 5.76 Å². The van der Waals surface area contributed by atoms with Crippen molar-refractivity contribution >= 4 is 33.4 Å². The van der Waals surface area contributed by atoms with E-state index in [1.54, 1.807) is 48.8 Å². The number of benzene rings is 3. The number of likely N-dealkylation sites (tertiary alicyclic amines) is 1. The first-order valence-corrected chi connectivity index (χ1v) is 12.9. The number of ketones is 1. The van der Waals surface area contributed by atoms with Gasteiger partial charge in [0.1, 0.15) is 18.1 Å². The number of aliphatic hydroxyl groups is 1. The molecule has 1 unspecified atom stereocenters. The summed E-state index contributed by atoms with van der Waals surface area (Å²) < 4.78 is 6.76. The molecular formula is C31H25BrN2O4. The van der Waals surface area contributed by atoms with Gasteiger partial charge in [0.15, 0.2) is 0 Å². The second-order valence-electron chi connectivity index (χ2n) is 9.14. The molecule has 190 valence electrons. The number of carbonyl (C=O) groups is 2. The first-order valence-electron chi connectivity index (χ1n) is 12.1. The Hall–Kier alpha value is -4.23. The Bertz CT molecular complexity index is 1500. The van der Waals surface area contributed by atoms with Crippen LogP contribution in [-0.2, 0) is 22.7 Å². The number of rotatable bonds is 7. The van der Waals surface area contributed by atoms with Gasteiger partial charge in [0.2, 0.25) is 0 Å². The summed E-state index contributed by atoms with van der Waals surface area (Å²) in [4.78, 5) is 32.0. The largest absolute Gasteiger partial charge is 0.507 e. The highest BCUT2D eigenvalue weighted by atomic mass is 79.9. The number of aryl methyl sites for hydroxylation is 1. The highest BCUT2D eigenvalue weighted by molar-refractivity contribution is 9.10. The second-order valence-corrected chi connectivity index (χ2v) is 10.1. The zero-order chi connectivity index (χ0) is 26.6. The average molecular weight is 569 g/mol. The van der Waals surface area contributed by atoms with E-state index in [1.165, 1.54) is 4.90 Å². The van der Waals surface area contributed by atoms with Crippen molar-refractivity contribution in [3.8, 4) is 5.75 Å². The lowest BCUT2D eigenvalue weighted by atomic mass is 9.95. The van der Waals surface area contributed by atoms with Crippen molar-refractivity contribution in [2.24, 2.45) is 0 Å². The van der Waals surface area contributed by atoms with Crippen LogP contribution in [0, 0.1) is 6.92 Å². The van der Waals surface area contributed by atoms with Crippen LogP contribution < -0.4 is 4.74 Å². The van der Waals surface area contributed by atoms with Crippen LogP contribution in [0.1, 0.15) is 33.9 Å². The van der Waals surface area contributed by atoms with E-state index in [0.717, 1.165) is 26.7 Å². The summed E-state index contributed by atoms with van der Waals surface area (Å²) in [7, 11) is 0. The summed E-state index contributed by atoms with van der Waals surface area (Å²) in [6.45, 7) is 2.65. The molecule has 0 radical (unpaired) electrons. The third kappa shape index (κ3) is 5.38. The molecule has 0 saturated carbocycles. The molecule has 1 aliphatic rings. The van der Waals surface area contributed by atoms with Crippen molar-refractivity contribution in [3.05, 3.63) is 135 Å². The third-order valence-corrected chi connectivity index (χ3v) is 6.97. The number of nitrogens with zero attached hydrogens (tertiary/aromatic N) is 2. The maximum atomic E-state index is 13.3. The molecule has 6 nitrogen and oxygen atoms in total. The molecule has 1 aromatic heterocycles. The minimum absolute atomic E-state index is 0.0554. The molecule has 38 heavy (non-hydrogen) atoms. The van der Waals surface area contributed by atoms with E-state index in [-0.39, 0.29) is 17.9 Å². The lowest BCUT2D eigenvalue weighted by Gasteiger charge is -2.25. The van der Waals surface area contributed by atoms with Gasteiger partial charge < -0.3 is 14.7 Å². The number of Topliss-reactive ketones (excluding diaryl/α,β-unsaturated/α-hetero) is 1. The van der Waals surface area contributed by atoms with E-state index in [0.29, 0.717) is 17.9 Å². The average Bonchev–Trinajstić information content (AvgIpc) is 3.18. The molecule has 7 heteroatoms. The van der Waals surface area contributed by atoms with Gasteiger partial charge in [-0.25, -0.2) is 0 Å². The molecule has 3 aromatic carbocycles. The Morgan fingerprint density at radius 3 is 2.34 bits per heavy atom. The lowest BCUT2D eigenvalue weighted by Crippen LogP contribution is -2.29. The Morgan fingerprint density at radius 1 is 0.947 bits per heavy atom. The number of halogens is 1.